The number of nitrogens with zero attached hydrogens (tertiary/aromatic N) is 3. The van der Waals surface area contributed by atoms with Gasteiger partial charge in [-0.15, -0.1) is 22.0 Å². The van der Waals surface area contributed by atoms with Gasteiger partial charge in [-0.2, -0.15) is 0 Å². The third kappa shape index (κ3) is 6.26. The second-order valence-corrected chi connectivity index (χ2v) is 11.2. The Labute approximate surface area is 225 Å². The van der Waals surface area contributed by atoms with Crippen LogP contribution in [0.15, 0.2) is 83.8 Å². The Balaban J connectivity index is 1.19. The molecule has 8 heteroatoms. The lowest BCUT2D eigenvalue weighted by atomic mass is 10.1. The lowest BCUT2D eigenvalue weighted by Crippen LogP contribution is -2.24. The first-order chi connectivity index (χ1) is 18.1. The molecule has 2 amide bonds. The Morgan fingerprint density at radius 2 is 1.86 bits per heavy atom. The number of aromatic nitrogens is 2. The number of benzene rings is 3. The van der Waals surface area contributed by atoms with Crippen LogP contribution in [0.5, 0.6) is 0 Å². The van der Waals surface area contributed by atoms with Crippen molar-refractivity contribution in [2.75, 3.05) is 22.5 Å². The Morgan fingerprint density at radius 3 is 2.70 bits per heavy atom. The molecule has 6 nitrogen and oxygen atoms in total. The number of carbonyl (C=O) groups is 2. The molecule has 0 bridgehead atoms. The molecule has 1 unspecified atom stereocenters. The Bertz CT molecular complexity index is 1390. The van der Waals surface area contributed by atoms with Gasteiger partial charge < -0.3 is 4.90 Å². The molecule has 0 radical (unpaired) electrons. The average Bonchev–Trinajstić information content (AvgIpc) is 3.54. The highest BCUT2D eigenvalue weighted by atomic mass is 32.2. The highest BCUT2D eigenvalue weighted by Gasteiger charge is 2.34. The van der Waals surface area contributed by atoms with Gasteiger partial charge in [0.15, 0.2) is 0 Å². The molecule has 1 aromatic heterocycles. The van der Waals surface area contributed by atoms with Crippen LogP contribution in [0.3, 0.4) is 0 Å². The maximum absolute atomic E-state index is 13.1. The number of carbonyl (C=O) groups excluding carboxylic acids is 2. The van der Waals surface area contributed by atoms with Crippen molar-refractivity contribution in [3.05, 3.63) is 101 Å². The Hall–Kier alpha value is -3.49. The van der Waals surface area contributed by atoms with E-state index in [1.165, 1.54) is 16.9 Å². The minimum Gasteiger partial charge on any atom is -0.312 e. The zero-order valence-electron chi connectivity index (χ0n) is 20.6. The number of thioether (sulfide) groups is 1. The van der Waals surface area contributed by atoms with E-state index in [9.17, 15) is 9.59 Å². The summed E-state index contributed by atoms with van der Waals surface area (Å²) in [6.07, 6.45) is 2.43. The van der Waals surface area contributed by atoms with Crippen molar-refractivity contribution < 1.29 is 9.59 Å². The summed E-state index contributed by atoms with van der Waals surface area (Å²) >= 11 is 3.03. The molecule has 1 aliphatic rings. The van der Waals surface area contributed by atoms with Crippen molar-refractivity contribution in [2.45, 2.75) is 37.0 Å². The second-order valence-electron chi connectivity index (χ2n) is 9.08. The number of aryl methyl sites for hydroxylation is 2. The van der Waals surface area contributed by atoms with E-state index in [-0.39, 0.29) is 17.7 Å². The van der Waals surface area contributed by atoms with Crippen LogP contribution in [0.25, 0.3) is 0 Å². The van der Waals surface area contributed by atoms with Crippen molar-refractivity contribution in [2.24, 2.45) is 0 Å². The first-order valence-corrected chi connectivity index (χ1v) is 14.1. The fourth-order valence-corrected chi connectivity index (χ4v) is 6.25. The fraction of sp³-hybridized carbons (Fsp3) is 0.241. The molecule has 1 N–H and O–H groups in total. The van der Waals surface area contributed by atoms with Crippen molar-refractivity contribution in [3.63, 3.8) is 0 Å². The SMILES string of the molecule is Cc1cccc(N2CC(c3nnc(NC(=O)c4ccccc4SCCCc4ccccc4)s3)CC2=O)c1. The van der Waals surface area contributed by atoms with Crippen molar-refractivity contribution in [3.8, 4) is 0 Å². The first kappa shape index (κ1) is 25.2. The van der Waals surface area contributed by atoms with E-state index in [4.69, 9.17) is 0 Å². The van der Waals surface area contributed by atoms with E-state index in [2.05, 4.69) is 39.8 Å². The van der Waals surface area contributed by atoms with E-state index in [0.29, 0.717) is 23.7 Å². The van der Waals surface area contributed by atoms with Gasteiger partial charge >= 0.3 is 0 Å². The van der Waals surface area contributed by atoms with Gasteiger partial charge in [0.05, 0.1) is 5.56 Å². The van der Waals surface area contributed by atoms with Gasteiger partial charge in [0.2, 0.25) is 11.0 Å². The zero-order chi connectivity index (χ0) is 25.6. The van der Waals surface area contributed by atoms with Crippen LogP contribution in [-0.4, -0.2) is 34.3 Å². The number of hydrogen-bond donors (Lipinski definition) is 1. The van der Waals surface area contributed by atoms with Crippen molar-refractivity contribution >= 4 is 45.7 Å². The third-order valence-electron chi connectivity index (χ3n) is 6.29. The van der Waals surface area contributed by atoms with Crippen LogP contribution in [-0.2, 0) is 11.2 Å². The van der Waals surface area contributed by atoms with E-state index >= 15 is 0 Å². The minimum absolute atomic E-state index is 0.0383. The maximum atomic E-state index is 13.1. The monoisotopic (exact) mass is 528 g/mol. The molecule has 5 rings (SSSR count). The Kier molecular flexibility index (Phi) is 7.96. The topological polar surface area (TPSA) is 75.2 Å². The number of amides is 2. The molecule has 1 saturated heterocycles. The summed E-state index contributed by atoms with van der Waals surface area (Å²) in [4.78, 5) is 28.5. The number of nitrogens with one attached hydrogen (secondary N) is 1. The fourth-order valence-electron chi connectivity index (χ4n) is 4.42. The number of hydrogen-bond acceptors (Lipinski definition) is 6. The van der Waals surface area contributed by atoms with Gasteiger partial charge in [-0.1, -0.05) is 65.9 Å². The van der Waals surface area contributed by atoms with Gasteiger partial charge in [-0.3, -0.25) is 14.9 Å². The minimum atomic E-state index is -0.197. The molecule has 0 spiro atoms. The van der Waals surface area contributed by atoms with Crippen molar-refractivity contribution in [1.82, 2.24) is 10.2 Å². The molecule has 1 atom stereocenters. The Morgan fingerprint density at radius 1 is 1.05 bits per heavy atom. The molecular formula is C29H28N4O2S2. The summed E-state index contributed by atoms with van der Waals surface area (Å²) in [6.45, 7) is 2.58. The van der Waals surface area contributed by atoms with Crippen molar-refractivity contribution in [1.29, 1.82) is 0 Å². The lowest BCUT2D eigenvalue weighted by Gasteiger charge is -2.16. The van der Waals surface area contributed by atoms with E-state index in [1.807, 2.05) is 66.4 Å². The molecule has 3 aromatic carbocycles. The highest BCUT2D eigenvalue weighted by Crippen LogP contribution is 2.35. The largest absolute Gasteiger partial charge is 0.312 e. The van der Waals surface area contributed by atoms with Crippen LogP contribution in [0, 0.1) is 6.92 Å². The summed E-state index contributed by atoms with van der Waals surface area (Å²) in [6, 6.07) is 26.0. The highest BCUT2D eigenvalue weighted by molar-refractivity contribution is 7.99. The smallest absolute Gasteiger partial charge is 0.258 e. The molecule has 4 aromatic rings. The molecular weight excluding hydrogens is 500 g/mol. The van der Waals surface area contributed by atoms with Gasteiger partial charge in [0.1, 0.15) is 5.01 Å². The van der Waals surface area contributed by atoms with Crippen LogP contribution in [0.4, 0.5) is 10.8 Å². The van der Waals surface area contributed by atoms with E-state index in [0.717, 1.165) is 39.7 Å². The summed E-state index contributed by atoms with van der Waals surface area (Å²) in [5, 5.41) is 12.6. The molecule has 0 saturated carbocycles. The molecule has 0 aliphatic carbocycles. The third-order valence-corrected chi connectivity index (χ3v) is 8.45. The molecule has 37 heavy (non-hydrogen) atoms. The lowest BCUT2D eigenvalue weighted by molar-refractivity contribution is -0.117. The quantitative estimate of drug-likeness (QED) is 0.203. The normalized spacial score (nSPS) is 15.2. The van der Waals surface area contributed by atoms with Gasteiger partial charge in [0, 0.05) is 29.5 Å². The first-order valence-electron chi connectivity index (χ1n) is 12.3. The summed E-state index contributed by atoms with van der Waals surface area (Å²) in [5.74, 6) is 0.769. The second kappa shape index (κ2) is 11.7. The predicted octanol–water partition coefficient (Wildman–Crippen LogP) is 6.34. The summed E-state index contributed by atoms with van der Waals surface area (Å²) < 4.78 is 0. The average molecular weight is 529 g/mol. The standard InChI is InChI=1S/C29H28N4O2S2/c1-20-9-7-13-23(17-20)33-19-22(18-26(33)34)28-31-32-29(37-28)30-27(35)24-14-5-6-15-25(24)36-16-8-12-21-10-3-2-4-11-21/h2-7,9-11,13-15,17,22H,8,12,16,18-19H2,1H3,(H,30,32,35). The zero-order valence-corrected chi connectivity index (χ0v) is 22.2. The van der Waals surface area contributed by atoms with Gasteiger partial charge in [-0.25, -0.2) is 0 Å². The summed E-state index contributed by atoms with van der Waals surface area (Å²) in [5.41, 5.74) is 3.98. The van der Waals surface area contributed by atoms with Gasteiger partial charge in [0.25, 0.3) is 5.91 Å². The van der Waals surface area contributed by atoms with Gasteiger partial charge in [-0.05, 0) is 60.9 Å². The predicted molar refractivity (Wildman–Crippen MR) is 151 cm³/mol. The van der Waals surface area contributed by atoms with Crippen LogP contribution in [0.2, 0.25) is 0 Å². The van der Waals surface area contributed by atoms with Crippen LogP contribution >= 0.6 is 23.1 Å². The maximum Gasteiger partial charge on any atom is 0.258 e. The van der Waals surface area contributed by atoms with E-state index in [1.54, 1.807) is 11.8 Å². The number of rotatable bonds is 9. The summed E-state index contributed by atoms with van der Waals surface area (Å²) in [7, 11) is 0. The molecule has 188 valence electrons. The van der Waals surface area contributed by atoms with E-state index < -0.39 is 0 Å². The molecule has 1 aliphatic heterocycles. The number of anilines is 2. The molecule has 2 heterocycles. The molecule has 1 fully saturated rings. The van der Waals surface area contributed by atoms with Crippen LogP contribution in [0.1, 0.15) is 45.3 Å². The van der Waals surface area contributed by atoms with Crippen LogP contribution < -0.4 is 10.2 Å².